The topological polar surface area (TPSA) is 79.4 Å². The van der Waals surface area contributed by atoms with Gasteiger partial charge in [0, 0.05) is 11.2 Å². The predicted octanol–water partition coefficient (Wildman–Crippen LogP) is 0.953. The molecule has 1 unspecified atom stereocenters. The zero-order valence-corrected chi connectivity index (χ0v) is 10.6. The van der Waals surface area contributed by atoms with Crippen molar-refractivity contribution in [1.82, 2.24) is 10.1 Å². The van der Waals surface area contributed by atoms with E-state index < -0.39 is 6.10 Å². The molecule has 0 amide bonds. The molecule has 0 saturated heterocycles. The smallest absolute Gasteiger partial charge is 0.232 e. The van der Waals surface area contributed by atoms with Gasteiger partial charge < -0.3 is 14.7 Å². The minimum Gasteiger partial charge on any atom is -0.394 e. The van der Waals surface area contributed by atoms with Crippen molar-refractivity contribution < 1.29 is 14.7 Å². The van der Waals surface area contributed by atoms with Gasteiger partial charge in [0.15, 0.2) is 5.82 Å². The maximum absolute atomic E-state index is 9.14. The van der Waals surface area contributed by atoms with E-state index in [0.29, 0.717) is 23.2 Å². The van der Waals surface area contributed by atoms with Crippen LogP contribution in [-0.4, -0.2) is 38.8 Å². The summed E-state index contributed by atoms with van der Waals surface area (Å²) in [5.41, 5.74) is -0.138. The van der Waals surface area contributed by atoms with Gasteiger partial charge in [0.2, 0.25) is 5.89 Å². The first kappa shape index (κ1) is 13.5. The lowest BCUT2D eigenvalue weighted by Gasteiger charge is -2.10. The summed E-state index contributed by atoms with van der Waals surface area (Å²) >= 11 is 1.47. The molecule has 0 radical (unpaired) electrons. The SMILES string of the molecule is CC(C)(C)c1nc(CSCC(O)CO)no1. The van der Waals surface area contributed by atoms with E-state index in [-0.39, 0.29) is 12.0 Å². The maximum atomic E-state index is 9.14. The van der Waals surface area contributed by atoms with Gasteiger partial charge in [0.1, 0.15) is 0 Å². The summed E-state index contributed by atoms with van der Waals surface area (Å²) in [7, 11) is 0. The fourth-order valence-corrected chi connectivity index (χ4v) is 1.75. The van der Waals surface area contributed by atoms with E-state index in [2.05, 4.69) is 10.1 Å². The predicted molar refractivity (Wildman–Crippen MR) is 62.3 cm³/mol. The first-order valence-electron chi connectivity index (χ1n) is 5.13. The van der Waals surface area contributed by atoms with E-state index in [1.165, 1.54) is 11.8 Å². The van der Waals surface area contributed by atoms with Crippen LogP contribution in [0.1, 0.15) is 32.5 Å². The third-order valence-electron chi connectivity index (χ3n) is 1.86. The molecule has 2 N–H and O–H groups in total. The summed E-state index contributed by atoms with van der Waals surface area (Å²) in [5.74, 6) is 2.29. The van der Waals surface area contributed by atoms with Crippen LogP contribution in [0.4, 0.5) is 0 Å². The van der Waals surface area contributed by atoms with Crippen LogP contribution in [0.5, 0.6) is 0 Å². The zero-order valence-electron chi connectivity index (χ0n) is 9.80. The van der Waals surface area contributed by atoms with Crippen molar-refractivity contribution in [3.63, 3.8) is 0 Å². The van der Waals surface area contributed by atoms with Crippen LogP contribution >= 0.6 is 11.8 Å². The Kier molecular flexibility index (Phi) is 4.76. The fourth-order valence-electron chi connectivity index (χ4n) is 0.956. The number of aliphatic hydroxyl groups is 2. The standard InChI is InChI=1S/C10H18N2O3S/c1-10(2,3)9-11-8(12-15-9)6-16-5-7(14)4-13/h7,13-14H,4-6H2,1-3H3. The lowest BCUT2D eigenvalue weighted by atomic mass is 9.97. The molecule has 6 heteroatoms. The highest BCUT2D eigenvalue weighted by molar-refractivity contribution is 7.98. The molecular formula is C10H18N2O3S. The van der Waals surface area contributed by atoms with Crippen LogP contribution in [0, 0.1) is 0 Å². The highest BCUT2D eigenvalue weighted by Gasteiger charge is 2.21. The van der Waals surface area contributed by atoms with Crippen molar-refractivity contribution >= 4 is 11.8 Å². The minimum atomic E-state index is -0.681. The van der Waals surface area contributed by atoms with Gasteiger partial charge in [0.05, 0.1) is 18.5 Å². The Morgan fingerprint density at radius 1 is 1.44 bits per heavy atom. The lowest BCUT2D eigenvalue weighted by Crippen LogP contribution is -2.14. The quantitative estimate of drug-likeness (QED) is 0.805. The van der Waals surface area contributed by atoms with Crippen LogP contribution < -0.4 is 0 Å². The fraction of sp³-hybridized carbons (Fsp3) is 0.800. The molecular weight excluding hydrogens is 228 g/mol. The Labute approximate surface area is 99.2 Å². The third-order valence-corrected chi connectivity index (χ3v) is 2.94. The highest BCUT2D eigenvalue weighted by Crippen LogP contribution is 2.21. The van der Waals surface area contributed by atoms with Gasteiger partial charge in [-0.3, -0.25) is 0 Å². The summed E-state index contributed by atoms with van der Waals surface area (Å²) in [6, 6.07) is 0. The van der Waals surface area contributed by atoms with Crippen LogP contribution in [0.15, 0.2) is 4.52 Å². The molecule has 0 bridgehead atoms. The molecule has 92 valence electrons. The van der Waals surface area contributed by atoms with E-state index >= 15 is 0 Å². The Bertz CT molecular complexity index is 322. The van der Waals surface area contributed by atoms with Gasteiger partial charge in [-0.05, 0) is 0 Å². The van der Waals surface area contributed by atoms with Crippen molar-refractivity contribution in [2.45, 2.75) is 38.0 Å². The molecule has 0 aliphatic heterocycles. The summed E-state index contributed by atoms with van der Waals surface area (Å²) in [5, 5.41) is 21.6. The summed E-state index contributed by atoms with van der Waals surface area (Å²) in [6.07, 6.45) is -0.681. The lowest BCUT2D eigenvalue weighted by molar-refractivity contribution is 0.113. The first-order valence-corrected chi connectivity index (χ1v) is 6.28. The molecule has 0 spiro atoms. The summed E-state index contributed by atoms with van der Waals surface area (Å²) in [6.45, 7) is 5.80. The van der Waals surface area contributed by atoms with Gasteiger partial charge >= 0.3 is 0 Å². The Morgan fingerprint density at radius 2 is 2.12 bits per heavy atom. The number of aromatic nitrogens is 2. The van der Waals surface area contributed by atoms with Crippen molar-refractivity contribution in [3.05, 3.63) is 11.7 Å². The first-order chi connectivity index (χ1) is 7.43. The van der Waals surface area contributed by atoms with E-state index in [9.17, 15) is 0 Å². The van der Waals surface area contributed by atoms with Gasteiger partial charge in [-0.25, -0.2) is 0 Å². The number of nitrogens with zero attached hydrogens (tertiary/aromatic N) is 2. The molecule has 0 saturated carbocycles. The molecule has 1 heterocycles. The van der Waals surface area contributed by atoms with Gasteiger partial charge in [0.25, 0.3) is 0 Å². The average molecular weight is 246 g/mol. The highest BCUT2D eigenvalue weighted by atomic mass is 32.2. The zero-order chi connectivity index (χ0) is 12.2. The van der Waals surface area contributed by atoms with Gasteiger partial charge in [-0.15, -0.1) is 0 Å². The number of hydrogen-bond donors (Lipinski definition) is 2. The molecule has 0 aromatic carbocycles. The molecule has 0 fully saturated rings. The Hall–Kier alpha value is -0.590. The molecule has 1 aromatic heterocycles. The average Bonchev–Trinajstić information content (AvgIpc) is 2.65. The van der Waals surface area contributed by atoms with Crippen molar-refractivity contribution in [3.8, 4) is 0 Å². The largest absolute Gasteiger partial charge is 0.394 e. The second kappa shape index (κ2) is 5.65. The summed E-state index contributed by atoms with van der Waals surface area (Å²) < 4.78 is 5.13. The molecule has 0 aliphatic carbocycles. The number of hydrogen-bond acceptors (Lipinski definition) is 6. The van der Waals surface area contributed by atoms with Crippen LogP contribution in [0.3, 0.4) is 0 Å². The van der Waals surface area contributed by atoms with Gasteiger partial charge in [-0.2, -0.15) is 16.7 Å². The summed E-state index contributed by atoms with van der Waals surface area (Å²) in [4.78, 5) is 4.26. The molecule has 1 atom stereocenters. The molecule has 1 aromatic rings. The van der Waals surface area contributed by atoms with Crippen LogP contribution in [-0.2, 0) is 11.2 Å². The van der Waals surface area contributed by atoms with E-state index in [0.717, 1.165) is 0 Å². The molecule has 1 rings (SSSR count). The van der Waals surface area contributed by atoms with E-state index in [1.54, 1.807) is 0 Å². The number of rotatable bonds is 5. The normalized spacial score (nSPS) is 14.1. The minimum absolute atomic E-state index is 0.138. The van der Waals surface area contributed by atoms with Crippen molar-refractivity contribution in [1.29, 1.82) is 0 Å². The maximum Gasteiger partial charge on any atom is 0.232 e. The van der Waals surface area contributed by atoms with Gasteiger partial charge in [-0.1, -0.05) is 25.9 Å². The number of aliphatic hydroxyl groups excluding tert-OH is 2. The number of thioether (sulfide) groups is 1. The van der Waals surface area contributed by atoms with E-state index in [1.807, 2.05) is 20.8 Å². The Balaban J connectivity index is 2.41. The van der Waals surface area contributed by atoms with Crippen molar-refractivity contribution in [2.24, 2.45) is 0 Å². The second-order valence-corrected chi connectivity index (χ2v) is 5.65. The molecule has 16 heavy (non-hydrogen) atoms. The second-order valence-electron chi connectivity index (χ2n) is 4.62. The third kappa shape index (κ3) is 4.11. The molecule has 5 nitrogen and oxygen atoms in total. The van der Waals surface area contributed by atoms with Crippen LogP contribution in [0.2, 0.25) is 0 Å². The van der Waals surface area contributed by atoms with Crippen molar-refractivity contribution in [2.75, 3.05) is 12.4 Å². The van der Waals surface area contributed by atoms with E-state index in [4.69, 9.17) is 14.7 Å². The monoisotopic (exact) mass is 246 g/mol. The molecule has 0 aliphatic rings. The Morgan fingerprint density at radius 3 is 2.62 bits per heavy atom. The van der Waals surface area contributed by atoms with Crippen LogP contribution in [0.25, 0.3) is 0 Å².